The molecule has 1 N–H and O–H groups in total. The molecule has 0 saturated carbocycles. The van der Waals surface area contributed by atoms with Crippen LogP contribution in [0.4, 0.5) is 5.69 Å². The summed E-state index contributed by atoms with van der Waals surface area (Å²) in [6.45, 7) is 3.81. The second kappa shape index (κ2) is 5.77. The third-order valence-electron chi connectivity index (χ3n) is 2.78. The summed E-state index contributed by atoms with van der Waals surface area (Å²) in [5.74, 6) is 0. The number of nitrogens with zero attached hydrogens (tertiary/aromatic N) is 3. The van der Waals surface area contributed by atoms with Gasteiger partial charge in [-0.3, -0.25) is 14.8 Å². The first-order chi connectivity index (χ1) is 8.01. The van der Waals surface area contributed by atoms with E-state index in [1.165, 1.54) is 4.68 Å². The standard InChI is InChI=1S/C11H19N3O3/c1-4-6-8(15)7-10-11(14(16)17)9(5-2)12-13(10)3/h8,15H,4-7H2,1-3H3. The fourth-order valence-electron chi connectivity index (χ4n) is 1.94. The van der Waals surface area contributed by atoms with E-state index in [0.29, 0.717) is 24.2 Å². The molecule has 6 nitrogen and oxygen atoms in total. The van der Waals surface area contributed by atoms with Crippen molar-refractivity contribution in [2.45, 2.75) is 45.6 Å². The average molecular weight is 241 g/mol. The van der Waals surface area contributed by atoms with Crippen molar-refractivity contribution in [2.24, 2.45) is 7.05 Å². The van der Waals surface area contributed by atoms with Gasteiger partial charge in [-0.05, 0) is 12.8 Å². The topological polar surface area (TPSA) is 81.2 Å². The summed E-state index contributed by atoms with van der Waals surface area (Å²) in [6, 6.07) is 0. The summed E-state index contributed by atoms with van der Waals surface area (Å²) in [4.78, 5) is 10.6. The molecule has 1 heterocycles. The molecule has 0 fully saturated rings. The Morgan fingerprint density at radius 1 is 1.53 bits per heavy atom. The molecule has 1 rings (SSSR count). The number of hydrogen-bond acceptors (Lipinski definition) is 4. The van der Waals surface area contributed by atoms with Gasteiger partial charge in [0.05, 0.1) is 11.0 Å². The third-order valence-corrected chi connectivity index (χ3v) is 2.78. The molecule has 0 spiro atoms. The predicted octanol–water partition coefficient (Wildman–Crippen LogP) is 1.59. The molecule has 1 aromatic heterocycles. The smallest absolute Gasteiger partial charge is 0.313 e. The Balaban J connectivity index is 3.04. The first kappa shape index (κ1) is 13.6. The molecule has 0 saturated heterocycles. The molecule has 0 aliphatic heterocycles. The average Bonchev–Trinajstić information content (AvgIpc) is 2.56. The van der Waals surface area contributed by atoms with E-state index in [-0.39, 0.29) is 12.1 Å². The summed E-state index contributed by atoms with van der Waals surface area (Å²) in [5.41, 5.74) is 1.05. The van der Waals surface area contributed by atoms with Crippen LogP contribution in [-0.2, 0) is 19.9 Å². The second-order valence-corrected chi connectivity index (χ2v) is 4.12. The minimum absolute atomic E-state index is 0.0603. The van der Waals surface area contributed by atoms with Crippen molar-refractivity contribution < 1.29 is 10.0 Å². The lowest BCUT2D eigenvalue weighted by Gasteiger charge is -2.08. The van der Waals surface area contributed by atoms with Crippen LogP contribution >= 0.6 is 0 Å². The van der Waals surface area contributed by atoms with Crippen LogP contribution in [0.5, 0.6) is 0 Å². The van der Waals surface area contributed by atoms with Crippen molar-refractivity contribution in [1.29, 1.82) is 0 Å². The maximum absolute atomic E-state index is 11.0. The molecule has 0 aliphatic rings. The van der Waals surface area contributed by atoms with Crippen LogP contribution in [0.15, 0.2) is 0 Å². The van der Waals surface area contributed by atoms with Crippen LogP contribution < -0.4 is 0 Å². The minimum Gasteiger partial charge on any atom is -0.393 e. The van der Waals surface area contributed by atoms with Crippen LogP contribution in [0.3, 0.4) is 0 Å². The molecular formula is C11H19N3O3. The van der Waals surface area contributed by atoms with Crippen molar-refractivity contribution in [3.63, 3.8) is 0 Å². The lowest BCUT2D eigenvalue weighted by molar-refractivity contribution is -0.386. The molecule has 6 heteroatoms. The van der Waals surface area contributed by atoms with E-state index in [2.05, 4.69) is 5.10 Å². The normalized spacial score (nSPS) is 12.7. The molecule has 0 bridgehead atoms. The number of aromatic nitrogens is 2. The fourth-order valence-corrected chi connectivity index (χ4v) is 1.94. The van der Waals surface area contributed by atoms with E-state index in [9.17, 15) is 15.2 Å². The van der Waals surface area contributed by atoms with Crippen molar-refractivity contribution in [3.8, 4) is 0 Å². The molecule has 1 aromatic rings. The Morgan fingerprint density at radius 3 is 2.65 bits per heavy atom. The van der Waals surface area contributed by atoms with Gasteiger partial charge in [-0.15, -0.1) is 0 Å². The van der Waals surface area contributed by atoms with Gasteiger partial charge >= 0.3 is 5.69 Å². The molecule has 1 atom stereocenters. The summed E-state index contributed by atoms with van der Waals surface area (Å²) in [7, 11) is 1.68. The van der Waals surface area contributed by atoms with Gasteiger partial charge in [0.1, 0.15) is 11.4 Å². The fraction of sp³-hybridized carbons (Fsp3) is 0.727. The molecule has 17 heavy (non-hydrogen) atoms. The largest absolute Gasteiger partial charge is 0.393 e. The number of rotatable bonds is 6. The van der Waals surface area contributed by atoms with E-state index in [1.807, 2.05) is 13.8 Å². The van der Waals surface area contributed by atoms with Crippen LogP contribution in [0.1, 0.15) is 38.1 Å². The van der Waals surface area contributed by atoms with Gasteiger partial charge in [-0.2, -0.15) is 5.10 Å². The predicted molar refractivity (Wildman–Crippen MR) is 63.9 cm³/mol. The summed E-state index contributed by atoms with van der Waals surface area (Å²) >= 11 is 0. The molecule has 1 unspecified atom stereocenters. The van der Waals surface area contributed by atoms with Gasteiger partial charge in [0, 0.05) is 13.5 Å². The lowest BCUT2D eigenvalue weighted by Crippen LogP contribution is -2.14. The van der Waals surface area contributed by atoms with Gasteiger partial charge in [0.15, 0.2) is 0 Å². The Bertz CT molecular complexity index is 401. The second-order valence-electron chi connectivity index (χ2n) is 4.12. The van der Waals surface area contributed by atoms with Gasteiger partial charge in [-0.25, -0.2) is 0 Å². The van der Waals surface area contributed by atoms with Crippen LogP contribution in [0, 0.1) is 10.1 Å². The highest BCUT2D eigenvalue weighted by Crippen LogP contribution is 2.25. The van der Waals surface area contributed by atoms with Crippen molar-refractivity contribution in [1.82, 2.24) is 9.78 Å². The van der Waals surface area contributed by atoms with Crippen LogP contribution in [-0.4, -0.2) is 25.9 Å². The molecule has 0 radical (unpaired) electrons. The molecular weight excluding hydrogens is 222 g/mol. The number of aliphatic hydroxyl groups excluding tert-OH is 1. The highest BCUT2D eigenvalue weighted by atomic mass is 16.6. The van der Waals surface area contributed by atoms with Crippen LogP contribution in [0.25, 0.3) is 0 Å². The minimum atomic E-state index is -0.543. The zero-order chi connectivity index (χ0) is 13.0. The van der Waals surface area contributed by atoms with Crippen molar-refractivity contribution in [3.05, 3.63) is 21.5 Å². The Hall–Kier alpha value is -1.43. The van der Waals surface area contributed by atoms with E-state index < -0.39 is 11.0 Å². The van der Waals surface area contributed by atoms with Crippen molar-refractivity contribution >= 4 is 5.69 Å². The third kappa shape index (κ3) is 3.03. The first-order valence-electron chi connectivity index (χ1n) is 5.88. The molecule has 96 valence electrons. The quantitative estimate of drug-likeness (QED) is 0.605. The van der Waals surface area contributed by atoms with E-state index >= 15 is 0 Å². The highest BCUT2D eigenvalue weighted by Gasteiger charge is 2.26. The van der Waals surface area contributed by atoms with Crippen LogP contribution in [0.2, 0.25) is 0 Å². The Labute approximate surface area is 100 Å². The number of nitro groups is 1. The van der Waals surface area contributed by atoms with Gasteiger partial charge in [0.25, 0.3) is 0 Å². The number of aryl methyl sites for hydroxylation is 2. The summed E-state index contributed by atoms with van der Waals surface area (Å²) in [6.07, 6.45) is 1.76. The van der Waals surface area contributed by atoms with E-state index in [1.54, 1.807) is 7.05 Å². The lowest BCUT2D eigenvalue weighted by atomic mass is 10.1. The van der Waals surface area contributed by atoms with Gasteiger partial charge in [0.2, 0.25) is 0 Å². The molecule has 0 amide bonds. The summed E-state index contributed by atoms with van der Waals surface area (Å²) < 4.78 is 1.51. The Kier molecular flexibility index (Phi) is 4.62. The number of hydrogen-bond donors (Lipinski definition) is 1. The van der Waals surface area contributed by atoms with Gasteiger partial charge in [-0.1, -0.05) is 20.3 Å². The highest BCUT2D eigenvalue weighted by molar-refractivity contribution is 5.41. The van der Waals surface area contributed by atoms with Crippen molar-refractivity contribution in [2.75, 3.05) is 0 Å². The van der Waals surface area contributed by atoms with E-state index in [4.69, 9.17) is 0 Å². The zero-order valence-corrected chi connectivity index (χ0v) is 10.5. The van der Waals surface area contributed by atoms with E-state index in [0.717, 1.165) is 6.42 Å². The maximum Gasteiger partial charge on any atom is 0.313 e. The number of aliphatic hydroxyl groups is 1. The monoisotopic (exact) mass is 241 g/mol. The molecule has 0 aliphatic carbocycles. The molecule has 0 aromatic carbocycles. The van der Waals surface area contributed by atoms with Gasteiger partial charge < -0.3 is 5.11 Å². The SMILES string of the molecule is CCCC(O)Cc1c([N+](=O)[O-])c(CC)nn1C. The Morgan fingerprint density at radius 2 is 2.18 bits per heavy atom. The summed E-state index contributed by atoms with van der Waals surface area (Å²) in [5, 5.41) is 24.9. The first-order valence-corrected chi connectivity index (χ1v) is 5.88. The maximum atomic E-state index is 11.0. The zero-order valence-electron chi connectivity index (χ0n) is 10.5.